The zero-order chi connectivity index (χ0) is 50.8. The number of ether oxygens (including phenoxy) is 7. The number of fused-ring (bicyclic) bond motifs is 5. The van der Waals surface area contributed by atoms with Crippen LogP contribution in [-0.4, -0.2) is 121 Å². The molecule has 1 heterocycles. The van der Waals surface area contributed by atoms with Crippen molar-refractivity contribution in [3.63, 3.8) is 0 Å². The van der Waals surface area contributed by atoms with Gasteiger partial charge in [-0.1, -0.05) is 62.4 Å². The number of ketones is 1. The highest BCUT2D eigenvalue weighted by Crippen LogP contribution is 2.65. The van der Waals surface area contributed by atoms with Gasteiger partial charge in [-0.2, -0.15) is 12.6 Å². The van der Waals surface area contributed by atoms with E-state index in [1.807, 2.05) is 0 Å². The molecule has 4 aliphatic rings. The Balaban J connectivity index is 1.43. The molecule has 70 heavy (non-hydrogen) atoms. The summed E-state index contributed by atoms with van der Waals surface area (Å²) in [5, 5.41) is 19.4. The number of alkyl carbamates (subject to hydrolysis) is 1. The Morgan fingerprint density at radius 2 is 1.57 bits per heavy atom. The van der Waals surface area contributed by atoms with E-state index in [2.05, 4.69) is 23.3 Å². The number of amides is 2. The number of nitrogens with one attached hydrogen (secondary N) is 2. The molecule has 2 bridgehead atoms. The summed E-state index contributed by atoms with van der Waals surface area (Å²) in [6.45, 7) is 11.0. The molecule has 3 N–H and O–H groups in total. The van der Waals surface area contributed by atoms with Gasteiger partial charge in [0, 0.05) is 49.6 Å². The van der Waals surface area contributed by atoms with Gasteiger partial charge in [0.1, 0.15) is 41.9 Å². The van der Waals surface area contributed by atoms with Crippen LogP contribution in [-0.2, 0) is 47.5 Å². The van der Waals surface area contributed by atoms with E-state index in [1.54, 1.807) is 102 Å². The number of halogens is 1. The summed E-state index contributed by atoms with van der Waals surface area (Å²) in [5.74, 6) is -5.89. The third kappa shape index (κ3) is 9.47. The molecule has 3 aromatic rings. The van der Waals surface area contributed by atoms with Crippen molar-refractivity contribution in [2.75, 3.05) is 32.1 Å². The van der Waals surface area contributed by atoms with E-state index in [-0.39, 0.29) is 55.2 Å². The highest BCUT2D eigenvalue weighted by Gasteiger charge is 2.78. The van der Waals surface area contributed by atoms with Crippen LogP contribution < -0.4 is 10.6 Å². The third-order valence-corrected chi connectivity index (χ3v) is 14.7. The predicted octanol–water partition coefficient (Wildman–Crippen LogP) is 6.06. The molecule has 18 heteroatoms. The van der Waals surface area contributed by atoms with E-state index in [4.69, 9.17) is 33.2 Å². The number of thiol groups is 1. The van der Waals surface area contributed by atoms with E-state index >= 15 is 9.59 Å². The SMILES string of the molecule is CCNC(=O)O[C@@H](C(=O)O[C@H]1C[C@@]2(O)[C@@H](OC(=O)c3ccc(F)cc3)C3[C@](C)(C(=O)[C@H](OCC)C(=C1C)C2(C)C)[C@@H](OCCS)C[C@H]1OC[C@@]31OC(C)=O)[C@@H](NC(=O)c1ccccc1)c1ccccc1. The predicted molar refractivity (Wildman–Crippen MR) is 253 cm³/mol. The molecule has 3 fully saturated rings. The topological polar surface area (TPSA) is 211 Å². The molecule has 16 nitrogen and oxygen atoms in total. The summed E-state index contributed by atoms with van der Waals surface area (Å²) < 4.78 is 58.4. The number of carbonyl (C=O) groups excluding carboxylic acids is 6. The van der Waals surface area contributed by atoms with Gasteiger partial charge >= 0.3 is 24.0 Å². The Bertz CT molecular complexity index is 2470. The van der Waals surface area contributed by atoms with Crippen LogP contribution >= 0.6 is 12.6 Å². The van der Waals surface area contributed by atoms with Gasteiger partial charge in [-0.25, -0.2) is 18.8 Å². The van der Waals surface area contributed by atoms with Crippen molar-refractivity contribution in [1.29, 1.82) is 0 Å². The van der Waals surface area contributed by atoms with Gasteiger partial charge in [0.2, 0.25) is 6.10 Å². The highest BCUT2D eigenvalue weighted by molar-refractivity contribution is 7.80. The molecule has 2 saturated carbocycles. The Morgan fingerprint density at radius 1 is 0.914 bits per heavy atom. The first-order valence-corrected chi connectivity index (χ1v) is 24.1. The van der Waals surface area contributed by atoms with Crippen LogP contribution in [0.5, 0.6) is 0 Å². The zero-order valence-corrected chi connectivity index (χ0v) is 41.1. The van der Waals surface area contributed by atoms with E-state index in [0.29, 0.717) is 11.1 Å². The van der Waals surface area contributed by atoms with Crippen LogP contribution in [0.2, 0.25) is 0 Å². The van der Waals surface area contributed by atoms with Crippen LogP contribution in [0.3, 0.4) is 0 Å². The van der Waals surface area contributed by atoms with E-state index in [9.17, 15) is 28.7 Å². The summed E-state index contributed by atoms with van der Waals surface area (Å²) in [7, 11) is 0. The van der Waals surface area contributed by atoms with Crippen molar-refractivity contribution in [2.24, 2.45) is 16.7 Å². The average molecular weight is 989 g/mol. The second kappa shape index (κ2) is 21.0. The summed E-state index contributed by atoms with van der Waals surface area (Å²) >= 11 is 4.38. The second-order valence-corrected chi connectivity index (χ2v) is 19.3. The molecule has 0 radical (unpaired) electrons. The summed E-state index contributed by atoms with van der Waals surface area (Å²) in [6.07, 6.45) is -10.0. The van der Waals surface area contributed by atoms with Gasteiger partial charge in [0.05, 0.1) is 36.2 Å². The van der Waals surface area contributed by atoms with Gasteiger partial charge in [0.25, 0.3) is 5.91 Å². The highest BCUT2D eigenvalue weighted by atomic mass is 32.1. The van der Waals surface area contributed by atoms with Gasteiger partial charge in [-0.15, -0.1) is 0 Å². The average Bonchev–Trinajstić information content (AvgIpc) is 3.32. The van der Waals surface area contributed by atoms with Crippen LogP contribution in [0.25, 0.3) is 0 Å². The molecule has 3 aliphatic carbocycles. The van der Waals surface area contributed by atoms with Gasteiger partial charge in [-0.05, 0) is 80.8 Å². The molecule has 0 aromatic heterocycles. The van der Waals surface area contributed by atoms with E-state index in [1.165, 1.54) is 19.1 Å². The number of esters is 3. The molecule has 376 valence electrons. The zero-order valence-electron chi connectivity index (χ0n) is 40.2. The maximum Gasteiger partial charge on any atom is 0.408 e. The number of Topliss-reactive ketones (excluding diaryl/α,β-unsaturated/α-hetero) is 1. The van der Waals surface area contributed by atoms with Gasteiger partial charge < -0.3 is 48.9 Å². The van der Waals surface area contributed by atoms with E-state index < -0.39 is 119 Å². The lowest BCUT2D eigenvalue weighted by Crippen LogP contribution is -2.82. The summed E-state index contributed by atoms with van der Waals surface area (Å²) in [4.78, 5) is 86.3. The van der Waals surface area contributed by atoms with Crippen molar-refractivity contribution in [2.45, 2.75) is 115 Å². The first kappa shape index (κ1) is 52.2. The number of hydrogen-bond donors (Lipinski definition) is 4. The molecule has 2 amide bonds. The minimum atomic E-state index is -2.36. The van der Waals surface area contributed by atoms with Crippen molar-refractivity contribution in [3.8, 4) is 0 Å². The van der Waals surface area contributed by atoms with Crippen molar-refractivity contribution in [3.05, 3.63) is 119 Å². The molecule has 11 atom stereocenters. The lowest BCUT2D eigenvalue weighted by atomic mass is 9.44. The van der Waals surface area contributed by atoms with Crippen LogP contribution in [0.15, 0.2) is 96.1 Å². The van der Waals surface area contributed by atoms with Crippen LogP contribution in [0.4, 0.5) is 9.18 Å². The fraction of sp³-hybridized carbons (Fsp3) is 0.500. The number of hydrogen-bond acceptors (Lipinski definition) is 15. The quantitative estimate of drug-likeness (QED) is 0.0557. The molecule has 3 aromatic carbocycles. The van der Waals surface area contributed by atoms with Crippen molar-refractivity contribution < 1.29 is 71.4 Å². The molecule has 7 rings (SSSR count). The molecule has 1 saturated heterocycles. The number of aliphatic hydroxyl groups is 1. The molecule has 0 spiro atoms. The van der Waals surface area contributed by atoms with Gasteiger partial charge in [-0.3, -0.25) is 14.4 Å². The molecule has 1 unspecified atom stereocenters. The number of benzene rings is 3. The smallest absolute Gasteiger partial charge is 0.408 e. The Labute approximate surface area is 411 Å². The first-order chi connectivity index (χ1) is 33.3. The number of carbonyl (C=O) groups is 6. The van der Waals surface area contributed by atoms with Crippen molar-refractivity contribution in [1.82, 2.24) is 10.6 Å². The monoisotopic (exact) mass is 988 g/mol. The van der Waals surface area contributed by atoms with Gasteiger partial charge in [0.15, 0.2) is 11.4 Å². The maximum atomic E-state index is 16.1. The molecular weight excluding hydrogens is 928 g/mol. The fourth-order valence-corrected chi connectivity index (χ4v) is 11.2. The minimum absolute atomic E-state index is 0.0127. The summed E-state index contributed by atoms with van der Waals surface area (Å²) in [5.41, 5.74) is -6.43. The fourth-order valence-electron chi connectivity index (χ4n) is 11.1. The minimum Gasteiger partial charge on any atom is -0.455 e. The second-order valence-electron chi connectivity index (χ2n) is 18.8. The first-order valence-electron chi connectivity index (χ1n) is 23.4. The Kier molecular flexibility index (Phi) is 15.6. The standard InChI is InChI=1S/C52H61FN2O14S/c1-8-54-48(61)67-41(39(31-16-12-10-13-17-31)55-45(58)32-18-14-11-15-19-32)47(60)66-35-27-52(62)44(68-46(59)33-20-22-34(53)23-21-33)42-50(7,43(57)40(63-9-2)38(29(35)3)49(52,5)6)36(64-24-25-70)26-37-51(42,28-65-37)69-30(4)56/h10-23,35-37,39-42,44,62,70H,8-9,24-28H2,1-7H3,(H,54,61)(H,55,58)/t35-,36-,37+,39-,40+,41+,42?,44-,50+,51-,52+/m0/s1. The van der Waals surface area contributed by atoms with Crippen molar-refractivity contribution >= 4 is 48.3 Å². The van der Waals surface area contributed by atoms with Crippen LogP contribution in [0, 0.1) is 22.6 Å². The Morgan fingerprint density at radius 3 is 2.16 bits per heavy atom. The van der Waals surface area contributed by atoms with E-state index in [0.717, 1.165) is 12.1 Å². The number of rotatable bonds is 16. The lowest BCUT2D eigenvalue weighted by Gasteiger charge is -2.68. The Hall–Kier alpha value is -5.66. The maximum absolute atomic E-state index is 16.1. The lowest BCUT2D eigenvalue weighted by molar-refractivity contribution is -0.348. The van der Waals surface area contributed by atoms with Crippen LogP contribution in [0.1, 0.15) is 93.6 Å². The molecule has 1 aliphatic heterocycles. The largest absolute Gasteiger partial charge is 0.455 e. The summed E-state index contributed by atoms with van der Waals surface area (Å²) in [6, 6.07) is 19.8. The molecular formula is C52H61FN2O14S. The normalized spacial score (nSPS) is 29.5. The third-order valence-electron chi connectivity index (χ3n) is 14.5.